The lowest BCUT2D eigenvalue weighted by Crippen LogP contribution is -2.23. The molecule has 1 N–H and O–H groups in total. The van der Waals surface area contributed by atoms with Crippen molar-refractivity contribution in [3.8, 4) is 0 Å². The van der Waals surface area contributed by atoms with Gasteiger partial charge in [-0.25, -0.2) is 13.8 Å². The second-order valence-corrected chi connectivity index (χ2v) is 8.12. The molecule has 3 nitrogen and oxygen atoms in total. The van der Waals surface area contributed by atoms with Gasteiger partial charge in [-0.1, -0.05) is 61.2 Å². The fourth-order valence-electron chi connectivity index (χ4n) is 3.23. The zero-order valence-corrected chi connectivity index (χ0v) is 17.7. The second-order valence-electron chi connectivity index (χ2n) is 7.05. The van der Waals surface area contributed by atoms with Crippen LogP contribution in [0.5, 0.6) is 0 Å². The number of halogens is 2. The highest BCUT2D eigenvalue weighted by Gasteiger charge is 2.15. The summed E-state index contributed by atoms with van der Waals surface area (Å²) >= 11 is 1.06. The summed E-state index contributed by atoms with van der Waals surface area (Å²) in [5.74, 6) is -1.54. The van der Waals surface area contributed by atoms with E-state index in [4.69, 9.17) is 0 Å². The van der Waals surface area contributed by atoms with Crippen molar-refractivity contribution in [3.63, 3.8) is 0 Å². The molecule has 0 spiro atoms. The SMILES string of the molecule is CCc1ccc(CNC(=O)c2cc(Sc3ccc(F)cc3F)nc3ccccc23)cc1. The van der Waals surface area contributed by atoms with Crippen LogP contribution in [-0.4, -0.2) is 10.9 Å². The van der Waals surface area contributed by atoms with Crippen molar-refractivity contribution in [2.24, 2.45) is 0 Å². The van der Waals surface area contributed by atoms with Crippen LogP contribution in [0.15, 0.2) is 82.7 Å². The Balaban J connectivity index is 1.61. The molecule has 0 aliphatic heterocycles. The third-order valence-electron chi connectivity index (χ3n) is 4.93. The minimum Gasteiger partial charge on any atom is -0.348 e. The molecule has 4 rings (SSSR count). The smallest absolute Gasteiger partial charge is 0.252 e. The average molecular weight is 435 g/mol. The van der Waals surface area contributed by atoms with Gasteiger partial charge in [0.1, 0.15) is 16.7 Å². The number of pyridine rings is 1. The summed E-state index contributed by atoms with van der Waals surface area (Å²) < 4.78 is 27.3. The van der Waals surface area contributed by atoms with Gasteiger partial charge >= 0.3 is 0 Å². The Bertz CT molecular complexity index is 1240. The minimum absolute atomic E-state index is 0.236. The van der Waals surface area contributed by atoms with Gasteiger partial charge in [0.2, 0.25) is 0 Å². The van der Waals surface area contributed by atoms with Crippen molar-refractivity contribution >= 4 is 28.6 Å². The first-order valence-electron chi connectivity index (χ1n) is 9.92. The summed E-state index contributed by atoms with van der Waals surface area (Å²) in [6.07, 6.45) is 0.963. The summed E-state index contributed by atoms with van der Waals surface area (Å²) in [5.41, 5.74) is 3.34. The molecule has 0 aliphatic carbocycles. The number of hydrogen-bond donors (Lipinski definition) is 1. The van der Waals surface area contributed by atoms with E-state index in [0.29, 0.717) is 28.0 Å². The highest BCUT2D eigenvalue weighted by Crippen LogP contribution is 2.31. The van der Waals surface area contributed by atoms with E-state index >= 15 is 0 Å². The number of nitrogens with zero attached hydrogens (tertiary/aromatic N) is 1. The summed E-state index contributed by atoms with van der Waals surface area (Å²) in [6.45, 7) is 2.49. The van der Waals surface area contributed by atoms with E-state index in [1.54, 1.807) is 12.1 Å². The fourth-order valence-corrected chi connectivity index (χ4v) is 4.07. The van der Waals surface area contributed by atoms with Crippen molar-refractivity contribution in [2.45, 2.75) is 29.8 Å². The van der Waals surface area contributed by atoms with Crippen LogP contribution >= 0.6 is 11.8 Å². The summed E-state index contributed by atoms with van der Waals surface area (Å²) in [4.78, 5) is 17.8. The molecule has 0 saturated heterocycles. The van der Waals surface area contributed by atoms with Gasteiger partial charge in [-0.15, -0.1) is 0 Å². The number of rotatable bonds is 6. The number of carbonyl (C=O) groups excluding carboxylic acids is 1. The molecule has 0 atom stereocenters. The van der Waals surface area contributed by atoms with Crippen molar-refractivity contribution in [1.82, 2.24) is 10.3 Å². The molecule has 0 saturated carbocycles. The molecule has 3 aromatic carbocycles. The largest absolute Gasteiger partial charge is 0.348 e. The van der Waals surface area contributed by atoms with Gasteiger partial charge < -0.3 is 5.32 Å². The second kappa shape index (κ2) is 9.27. The van der Waals surface area contributed by atoms with E-state index < -0.39 is 11.6 Å². The maximum Gasteiger partial charge on any atom is 0.252 e. The van der Waals surface area contributed by atoms with Crippen molar-refractivity contribution in [1.29, 1.82) is 0 Å². The lowest BCUT2D eigenvalue weighted by atomic mass is 10.1. The van der Waals surface area contributed by atoms with Gasteiger partial charge in [0.15, 0.2) is 0 Å². The predicted octanol–water partition coefficient (Wildman–Crippen LogP) is 6.16. The van der Waals surface area contributed by atoms with E-state index in [1.807, 2.05) is 30.3 Å². The molecule has 1 amide bonds. The Morgan fingerprint density at radius 3 is 2.45 bits per heavy atom. The molecule has 0 unspecified atom stereocenters. The first-order chi connectivity index (χ1) is 15.0. The van der Waals surface area contributed by atoms with E-state index in [2.05, 4.69) is 29.4 Å². The highest BCUT2D eigenvalue weighted by atomic mass is 32.2. The molecule has 4 aromatic rings. The highest BCUT2D eigenvalue weighted by molar-refractivity contribution is 7.99. The molecule has 31 heavy (non-hydrogen) atoms. The number of para-hydroxylation sites is 1. The normalized spacial score (nSPS) is 10.9. The van der Waals surface area contributed by atoms with Gasteiger partial charge in [-0.05, 0) is 41.8 Å². The van der Waals surface area contributed by atoms with Crippen LogP contribution in [0.2, 0.25) is 0 Å². The Morgan fingerprint density at radius 2 is 1.71 bits per heavy atom. The van der Waals surface area contributed by atoms with Crippen LogP contribution in [0.4, 0.5) is 8.78 Å². The lowest BCUT2D eigenvalue weighted by molar-refractivity contribution is 0.0952. The molecular formula is C25H20F2N2OS. The van der Waals surface area contributed by atoms with Gasteiger partial charge in [0, 0.05) is 22.9 Å². The molecule has 6 heteroatoms. The Labute approximate surface area is 183 Å². The quantitative estimate of drug-likeness (QED) is 0.395. The van der Waals surface area contributed by atoms with E-state index in [-0.39, 0.29) is 10.8 Å². The maximum absolute atomic E-state index is 14.1. The molecule has 0 radical (unpaired) electrons. The third kappa shape index (κ3) is 4.91. The number of aromatic nitrogens is 1. The fraction of sp³-hybridized carbons (Fsp3) is 0.120. The van der Waals surface area contributed by atoms with Crippen molar-refractivity contribution in [2.75, 3.05) is 0 Å². The average Bonchev–Trinajstić information content (AvgIpc) is 2.79. The van der Waals surface area contributed by atoms with E-state index in [0.717, 1.165) is 29.8 Å². The van der Waals surface area contributed by atoms with Crippen LogP contribution in [0.1, 0.15) is 28.4 Å². The van der Waals surface area contributed by atoms with Crippen LogP contribution in [0.25, 0.3) is 10.9 Å². The van der Waals surface area contributed by atoms with Gasteiger partial charge in [0.05, 0.1) is 11.1 Å². The van der Waals surface area contributed by atoms with Crippen molar-refractivity contribution in [3.05, 3.63) is 101 Å². The number of nitrogens with one attached hydrogen (secondary N) is 1. The van der Waals surface area contributed by atoms with E-state index in [1.165, 1.54) is 17.7 Å². The Kier molecular flexibility index (Phi) is 6.28. The maximum atomic E-state index is 14.1. The standard InChI is InChI=1S/C25H20F2N2OS/c1-2-16-7-9-17(10-8-16)15-28-25(30)20-14-24(29-22-6-4-3-5-19(20)22)31-23-12-11-18(26)13-21(23)27/h3-14H,2,15H2,1H3,(H,28,30). The number of benzene rings is 3. The zero-order valence-electron chi connectivity index (χ0n) is 16.9. The minimum atomic E-state index is -0.665. The lowest BCUT2D eigenvalue weighted by Gasteiger charge is -2.11. The summed E-state index contributed by atoms with van der Waals surface area (Å²) in [7, 11) is 0. The molecule has 0 fully saturated rings. The van der Waals surface area contributed by atoms with Crippen molar-refractivity contribution < 1.29 is 13.6 Å². The van der Waals surface area contributed by atoms with Crippen LogP contribution < -0.4 is 5.32 Å². The van der Waals surface area contributed by atoms with Gasteiger partial charge in [-0.3, -0.25) is 4.79 Å². The first kappa shape index (κ1) is 21.0. The number of fused-ring (bicyclic) bond motifs is 1. The van der Waals surface area contributed by atoms with Gasteiger partial charge in [0.25, 0.3) is 5.91 Å². The third-order valence-corrected chi connectivity index (χ3v) is 5.90. The molecular weight excluding hydrogens is 414 g/mol. The zero-order chi connectivity index (χ0) is 21.8. The molecule has 1 heterocycles. The topological polar surface area (TPSA) is 42.0 Å². The molecule has 0 aliphatic rings. The Morgan fingerprint density at radius 1 is 0.968 bits per heavy atom. The first-order valence-corrected chi connectivity index (χ1v) is 10.7. The number of aryl methyl sites for hydroxylation is 1. The molecule has 156 valence electrons. The number of hydrogen-bond acceptors (Lipinski definition) is 3. The molecule has 0 bridgehead atoms. The van der Waals surface area contributed by atoms with Crippen LogP contribution in [0.3, 0.4) is 0 Å². The van der Waals surface area contributed by atoms with Crippen LogP contribution in [-0.2, 0) is 13.0 Å². The van der Waals surface area contributed by atoms with Gasteiger partial charge in [-0.2, -0.15) is 0 Å². The predicted molar refractivity (Wildman–Crippen MR) is 119 cm³/mol. The monoisotopic (exact) mass is 434 g/mol. The van der Waals surface area contributed by atoms with Crippen LogP contribution in [0, 0.1) is 11.6 Å². The summed E-state index contributed by atoms with van der Waals surface area (Å²) in [5, 5.41) is 4.13. The Hall–Kier alpha value is -3.25. The molecule has 1 aromatic heterocycles. The number of carbonyl (C=O) groups is 1. The van der Waals surface area contributed by atoms with E-state index in [9.17, 15) is 13.6 Å². The number of amides is 1. The summed E-state index contributed by atoms with van der Waals surface area (Å²) in [6, 6.07) is 20.5.